The van der Waals surface area contributed by atoms with Crippen LogP contribution in [0, 0.1) is 18.6 Å². The van der Waals surface area contributed by atoms with E-state index in [9.17, 15) is 13.6 Å². The highest BCUT2D eigenvalue weighted by atomic mass is 19.2. The third-order valence-electron chi connectivity index (χ3n) is 7.41. The molecule has 0 saturated carbocycles. The van der Waals surface area contributed by atoms with Gasteiger partial charge in [-0.25, -0.2) is 13.8 Å². The zero-order chi connectivity index (χ0) is 23.2. The number of nitrogens with two attached hydrogens (primary N) is 1. The van der Waals surface area contributed by atoms with Crippen LogP contribution in [0.4, 0.5) is 8.78 Å². The molecule has 5 nitrogen and oxygen atoms in total. The number of rotatable bonds is 5. The molecule has 5 rings (SSSR count). The Morgan fingerprint density at radius 3 is 2.73 bits per heavy atom. The first-order chi connectivity index (χ1) is 15.9. The van der Waals surface area contributed by atoms with Gasteiger partial charge in [0.1, 0.15) is 5.82 Å². The summed E-state index contributed by atoms with van der Waals surface area (Å²) in [6.07, 6.45) is 3.81. The highest BCUT2D eigenvalue weighted by molar-refractivity contribution is 5.77. The van der Waals surface area contributed by atoms with E-state index in [4.69, 9.17) is 5.73 Å². The van der Waals surface area contributed by atoms with Crippen LogP contribution in [-0.4, -0.2) is 32.9 Å². The average molecular weight is 451 g/mol. The summed E-state index contributed by atoms with van der Waals surface area (Å²) in [6.45, 7) is 3.79. The lowest BCUT2D eigenvalue weighted by atomic mass is 9.70. The Morgan fingerprint density at radius 2 is 1.94 bits per heavy atom. The second-order valence-corrected chi connectivity index (χ2v) is 9.34. The molecule has 0 spiro atoms. The van der Waals surface area contributed by atoms with E-state index in [0.717, 1.165) is 28.2 Å². The van der Waals surface area contributed by atoms with Crippen LogP contribution < -0.4 is 5.73 Å². The largest absolute Gasteiger partial charge is 0.333 e. The van der Waals surface area contributed by atoms with E-state index in [2.05, 4.69) is 9.55 Å². The maximum Gasteiger partial charge on any atom is 0.224 e. The Labute approximate surface area is 192 Å². The summed E-state index contributed by atoms with van der Waals surface area (Å²) in [5, 5.41) is 0. The Hall–Kier alpha value is -3.06. The number of nitrogens with zero attached hydrogens (tertiary/aromatic N) is 3. The first-order valence-corrected chi connectivity index (χ1v) is 11.4. The number of carbonyl (C=O) groups is 1. The second kappa shape index (κ2) is 8.37. The summed E-state index contributed by atoms with van der Waals surface area (Å²) in [7, 11) is 0. The van der Waals surface area contributed by atoms with Gasteiger partial charge in [-0.15, -0.1) is 0 Å². The van der Waals surface area contributed by atoms with Crippen LogP contribution >= 0.6 is 0 Å². The van der Waals surface area contributed by atoms with Gasteiger partial charge in [0, 0.05) is 42.9 Å². The lowest BCUT2D eigenvalue weighted by Gasteiger charge is -2.38. The van der Waals surface area contributed by atoms with Gasteiger partial charge in [-0.05, 0) is 55.0 Å². The molecule has 0 saturated heterocycles. The molecule has 2 aromatic carbocycles. The maximum absolute atomic E-state index is 14.3. The lowest BCUT2D eigenvalue weighted by Crippen LogP contribution is -2.49. The Kier molecular flexibility index (Phi) is 5.52. The molecule has 33 heavy (non-hydrogen) atoms. The smallest absolute Gasteiger partial charge is 0.224 e. The molecule has 172 valence electrons. The van der Waals surface area contributed by atoms with E-state index < -0.39 is 23.1 Å². The molecule has 0 radical (unpaired) electrons. The fourth-order valence-electron chi connectivity index (χ4n) is 5.55. The van der Waals surface area contributed by atoms with Gasteiger partial charge in [-0.1, -0.05) is 30.3 Å². The van der Waals surface area contributed by atoms with Crippen molar-refractivity contribution in [3.63, 3.8) is 0 Å². The van der Waals surface area contributed by atoms with Gasteiger partial charge in [0.05, 0.1) is 6.54 Å². The van der Waals surface area contributed by atoms with Crippen molar-refractivity contribution >= 4 is 5.91 Å². The summed E-state index contributed by atoms with van der Waals surface area (Å²) in [4.78, 5) is 19.5. The summed E-state index contributed by atoms with van der Waals surface area (Å²) < 4.78 is 30.4. The minimum absolute atomic E-state index is 0.0297. The molecule has 2 heterocycles. The lowest BCUT2D eigenvalue weighted by molar-refractivity contribution is -0.133. The Morgan fingerprint density at radius 1 is 1.18 bits per heavy atom. The molecule has 1 aliphatic carbocycles. The van der Waals surface area contributed by atoms with Crippen molar-refractivity contribution < 1.29 is 13.6 Å². The fourth-order valence-corrected chi connectivity index (χ4v) is 5.55. The molecular formula is C26H28F2N4O. The average Bonchev–Trinajstić information content (AvgIpc) is 3.35. The Balaban J connectivity index is 1.43. The molecule has 0 bridgehead atoms. The molecule has 3 aromatic rings. The number of carbonyl (C=O) groups excluding carboxylic acids is 1. The van der Waals surface area contributed by atoms with Crippen LogP contribution in [0.2, 0.25) is 0 Å². The van der Waals surface area contributed by atoms with Crippen molar-refractivity contribution in [3.8, 4) is 0 Å². The topological polar surface area (TPSA) is 64.2 Å². The van der Waals surface area contributed by atoms with Gasteiger partial charge < -0.3 is 15.2 Å². The van der Waals surface area contributed by atoms with Crippen molar-refractivity contribution in [1.82, 2.24) is 14.5 Å². The summed E-state index contributed by atoms with van der Waals surface area (Å²) in [5.41, 5.74) is 9.82. The molecule has 2 unspecified atom stereocenters. The van der Waals surface area contributed by atoms with Crippen LogP contribution in [0.1, 0.15) is 41.1 Å². The highest BCUT2D eigenvalue weighted by Gasteiger charge is 2.45. The molecule has 1 amide bonds. The van der Waals surface area contributed by atoms with Crippen molar-refractivity contribution in [2.24, 2.45) is 5.73 Å². The van der Waals surface area contributed by atoms with Gasteiger partial charge in [0.2, 0.25) is 5.91 Å². The van der Waals surface area contributed by atoms with Crippen LogP contribution in [0.15, 0.2) is 48.7 Å². The number of imidazole rings is 1. The molecule has 7 heteroatoms. The van der Waals surface area contributed by atoms with Crippen molar-refractivity contribution in [1.29, 1.82) is 0 Å². The van der Waals surface area contributed by atoms with Crippen molar-refractivity contribution in [2.45, 2.75) is 57.2 Å². The first-order valence-electron chi connectivity index (χ1n) is 11.4. The van der Waals surface area contributed by atoms with Crippen molar-refractivity contribution in [2.75, 3.05) is 6.54 Å². The third kappa shape index (κ3) is 3.84. The number of benzene rings is 2. The predicted molar refractivity (Wildman–Crippen MR) is 121 cm³/mol. The summed E-state index contributed by atoms with van der Waals surface area (Å²) in [6, 6.07) is 11.9. The zero-order valence-corrected chi connectivity index (χ0v) is 18.7. The molecule has 2 atom stereocenters. The van der Waals surface area contributed by atoms with E-state index in [1.165, 1.54) is 12.1 Å². The maximum atomic E-state index is 14.3. The SMILES string of the molecule is Cc1cnc2n1CCN(C(=O)CC(N)C1(Cc3ccccc3)CCc3cc(F)c(F)cc31)C2. The molecule has 1 aromatic heterocycles. The first kappa shape index (κ1) is 21.8. The number of amides is 1. The van der Waals surface area contributed by atoms with Crippen molar-refractivity contribution in [3.05, 3.63) is 88.5 Å². The monoisotopic (exact) mass is 450 g/mol. The summed E-state index contributed by atoms with van der Waals surface area (Å²) in [5.74, 6) is -0.862. The minimum Gasteiger partial charge on any atom is -0.333 e. The quantitative estimate of drug-likeness (QED) is 0.645. The zero-order valence-electron chi connectivity index (χ0n) is 18.7. The van der Waals surface area contributed by atoms with E-state index in [-0.39, 0.29) is 12.3 Å². The standard InChI is InChI=1S/C26H28F2N4O/c1-17-15-30-24-16-31(9-10-32(17)24)25(33)13-23(29)26(14-18-5-3-2-4-6-18)8-7-19-11-21(27)22(28)12-20(19)26/h2-6,11-12,15,23H,7-10,13-14,16,29H2,1H3. The highest BCUT2D eigenvalue weighted by Crippen LogP contribution is 2.45. The second-order valence-electron chi connectivity index (χ2n) is 9.34. The van der Waals surface area contributed by atoms with E-state index in [1.807, 2.05) is 43.5 Å². The van der Waals surface area contributed by atoms with Gasteiger partial charge >= 0.3 is 0 Å². The normalized spacial score (nSPS) is 20.4. The molecule has 0 fully saturated rings. The number of fused-ring (bicyclic) bond motifs is 2. The van der Waals surface area contributed by atoms with Gasteiger partial charge in [-0.3, -0.25) is 4.79 Å². The minimum atomic E-state index is -0.871. The number of hydrogen-bond donors (Lipinski definition) is 1. The van der Waals surface area contributed by atoms with Gasteiger partial charge in [-0.2, -0.15) is 0 Å². The van der Waals surface area contributed by atoms with Crippen LogP contribution in [0.5, 0.6) is 0 Å². The summed E-state index contributed by atoms with van der Waals surface area (Å²) >= 11 is 0. The fraction of sp³-hybridized carbons (Fsp3) is 0.385. The van der Waals surface area contributed by atoms with Crippen LogP contribution in [0.25, 0.3) is 0 Å². The van der Waals surface area contributed by atoms with E-state index in [0.29, 0.717) is 38.9 Å². The third-order valence-corrected chi connectivity index (χ3v) is 7.41. The number of halogens is 2. The molecular weight excluding hydrogens is 422 g/mol. The number of hydrogen-bond acceptors (Lipinski definition) is 3. The Bertz CT molecular complexity index is 1190. The predicted octanol–water partition coefficient (Wildman–Crippen LogP) is 3.66. The molecule has 1 aliphatic heterocycles. The molecule has 2 N–H and O–H groups in total. The van der Waals surface area contributed by atoms with Gasteiger partial charge in [0.25, 0.3) is 0 Å². The van der Waals surface area contributed by atoms with E-state index >= 15 is 0 Å². The number of aryl methyl sites for hydroxylation is 2. The number of aromatic nitrogens is 2. The van der Waals surface area contributed by atoms with Crippen LogP contribution in [0.3, 0.4) is 0 Å². The van der Waals surface area contributed by atoms with Crippen LogP contribution in [-0.2, 0) is 36.1 Å². The molecule has 2 aliphatic rings. The van der Waals surface area contributed by atoms with E-state index in [1.54, 1.807) is 4.90 Å². The van der Waals surface area contributed by atoms with Gasteiger partial charge in [0.15, 0.2) is 11.6 Å².